The van der Waals surface area contributed by atoms with Gasteiger partial charge in [0, 0.05) is 23.0 Å². The monoisotopic (exact) mass is 427 g/mol. The first-order chi connectivity index (χ1) is 14.8. The maximum atomic E-state index is 14.3. The predicted octanol–water partition coefficient (Wildman–Crippen LogP) is 3.24. The van der Waals surface area contributed by atoms with Crippen molar-refractivity contribution in [3.63, 3.8) is 0 Å². The molecule has 0 bridgehead atoms. The van der Waals surface area contributed by atoms with Crippen LogP contribution in [-0.2, 0) is 12.8 Å². The molecular weight excluding hydrogens is 404 g/mol. The Morgan fingerprint density at radius 3 is 2.87 bits per heavy atom. The molecule has 1 aliphatic rings. The normalized spacial score (nSPS) is 15.7. The fourth-order valence-electron chi connectivity index (χ4n) is 3.97. The van der Waals surface area contributed by atoms with Crippen molar-refractivity contribution in [2.24, 2.45) is 5.92 Å². The molecule has 0 radical (unpaired) electrons. The van der Waals surface area contributed by atoms with Crippen LogP contribution in [0.3, 0.4) is 0 Å². The van der Waals surface area contributed by atoms with E-state index in [9.17, 15) is 18.4 Å². The molecule has 1 amide bonds. The Labute approximate surface area is 177 Å². The number of hydrogen-bond acceptors (Lipinski definition) is 4. The van der Waals surface area contributed by atoms with Gasteiger partial charge in [-0.15, -0.1) is 0 Å². The van der Waals surface area contributed by atoms with Crippen molar-refractivity contribution in [1.82, 2.24) is 25.1 Å². The second kappa shape index (κ2) is 8.41. The van der Waals surface area contributed by atoms with E-state index in [-0.39, 0.29) is 17.4 Å². The van der Waals surface area contributed by atoms with Gasteiger partial charge in [0.05, 0.1) is 12.2 Å². The van der Waals surface area contributed by atoms with Gasteiger partial charge in [0.25, 0.3) is 5.91 Å². The molecule has 2 N–H and O–H groups in total. The van der Waals surface area contributed by atoms with Gasteiger partial charge in [-0.05, 0) is 49.8 Å². The molecule has 0 fully saturated rings. The number of H-pyrrole nitrogens is 1. The molecule has 31 heavy (non-hydrogen) atoms. The zero-order valence-corrected chi connectivity index (χ0v) is 17.3. The molecule has 1 aromatic carbocycles. The first kappa shape index (κ1) is 20.9. The lowest BCUT2D eigenvalue weighted by Gasteiger charge is -2.24. The summed E-state index contributed by atoms with van der Waals surface area (Å²) in [5, 5.41) is 7.21. The molecule has 0 spiro atoms. The Bertz CT molecular complexity index is 1180. The van der Waals surface area contributed by atoms with Gasteiger partial charge in [-0.2, -0.15) is 10.1 Å². The number of aromatic nitrogens is 4. The number of carbonyl (C=O) groups excluding carboxylic acids is 1. The number of hydrogen-bond donors (Lipinski definition) is 2. The highest BCUT2D eigenvalue weighted by molar-refractivity contribution is 5.92. The van der Waals surface area contributed by atoms with Gasteiger partial charge < -0.3 is 10.3 Å². The molecule has 1 aliphatic carbocycles. The highest BCUT2D eigenvalue weighted by atomic mass is 19.1. The minimum atomic E-state index is -0.706. The van der Waals surface area contributed by atoms with Gasteiger partial charge in [0.2, 0.25) is 0 Å². The number of carbonyl (C=O) groups is 1. The second-order valence-corrected chi connectivity index (χ2v) is 8.17. The minimum Gasteiger partial charge on any atom is -0.344 e. The van der Waals surface area contributed by atoms with E-state index in [1.165, 1.54) is 16.8 Å². The average Bonchev–Trinajstić information content (AvgIpc) is 3.12. The number of rotatable bonds is 5. The Balaban J connectivity index is 1.60. The minimum absolute atomic E-state index is 0.0588. The molecular formula is C22H23F2N5O2. The second-order valence-electron chi connectivity index (χ2n) is 8.17. The molecule has 9 heteroatoms. The molecule has 2 aromatic heterocycles. The van der Waals surface area contributed by atoms with Crippen molar-refractivity contribution in [2.75, 3.05) is 0 Å². The van der Waals surface area contributed by atoms with Crippen LogP contribution in [0.4, 0.5) is 8.78 Å². The summed E-state index contributed by atoms with van der Waals surface area (Å²) in [6, 6.07) is 4.60. The molecule has 3 aromatic rings. The van der Waals surface area contributed by atoms with Crippen LogP contribution < -0.4 is 11.0 Å². The molecule has 1 unspecified atom stereocenters. The highest BCUT2D eigenvalue weighted by Gasteiger charge is 2.27. The van der Waals surface area contributed by atoms with Gasteiger partial charge in [0.1, 0.15) is 17.2 Å². The summed E-state index contributed by atoms with van der Waals surface area (Å²) in [4.78, 5) is 31.2. The van der Waals surface area contributed by atoms with Crippen molar-refractivity contribution in [2.45, 2.75) is 45.6 Å². The number of halogens is 2. The van der Waals surface area contributed by atoms with E-state index < -0.39 is 23.2 Å². The van der Waals surface area contributed by atoms with Crippen molar-refractivity contribution < 1.29 is 13.6 Å². The third-order valence-corrected chi connectivity index (χ3v) is 5.29. The van der Waals surface area contributed by atoms with E-state index in [1.807, 2.05) is 13.8 Å². The van der Waals surface area contributed by atoms with E-state index >= 15 is 0 Å². The molecule has 1 atom stereocenters. The quantitative estimate of drug-likeness (QED) is 0.654. The molecule has 162 valence electrons. The van der Waals surface area contributed by atoms with Crippen LogP contribution in [-0.4, -0.2) is 25.7 Å². The molecule has 4 rings (SSSR count). The van der Waals surface area contributed by atoms with Crippen LogP contribution in [0.5, 0.6) is 0 Å². The average molecular weight is 427 g/mol. The fraction of sp³-hybridized carbons (Fsp3) is 0.364. The van der Waals surface area contributed by atoms with Crippen LogP contribution in [0.2, 0.25) is 0 Å². The van der Waals surface area contributed by atoms with Gasteiger partial charge in [0.15, 0.2) is 5.82 Å². The Morgan fingerprint density at radius 1 is 1.32 bits per heavy atom. The molecule has 0 aliphatic heterocycles. The van der Waals surface area contributed by atoms with Crippen LogP contribution >= 0.6 is 0 Å². The van der Waals surface area contributed by atoms with Crippen molar-refractivity contribution >= 4 is 5.91 Å². The zero-order valence-electron chi connectivity index (χ0n) is 17.3. The number of aromatic amines is 1. The predicted molar refractivity (Wildman–Crippen MR) is 110 cm³/mol. The summed E-state index contributed by atoms with van der Waals surface area (Å²) in [6.07, 6.45) is 4.31. The fourth-order valence-corrected chi connectivity index (χ4v) is 3.97. The van der Waals surface area contributed by atoms with E-state index in [0.717, 1.165) is 23.7 Å². The molecule has 7 nitrogen and oxygen atoms in total. The molecule has 0 saturated carbocycles. The summed E-state index contributed by atoms with van der Waals surface area (Å²) < 4.78 is 29.0. The lowest BCUT2D eigenvalue weighted by atomic mass is 9.92. The number of fused-ring (bicyclic) bond motifs is 1. The molecule has 0 saturated heterocycles. The maximum absolute atomic E-state index is 14.3. The van der Waals surface area contributed by atoms with E-state index in [4.69, 9.17) is 0 Å². The number of nitrogens with one attached hydrogen (secondary N) is 2. The third-order valence-electron chi connectivity index (χ3n) is 5.29. The first-order valence-electron chi connectivity index (χ1n) is 10.2. The highest BCUT2D eigenvalue weighted by Crippen LogP contribution is 2.31. The van der Waals surface area contributed by atoms with Gasteiger partial charge in [-0.1, -0.05) is 13.8 Å². The lowest BCUT2D eigenvalue weighted by molar-refractivity contribution is 0.0927. The van der Waals surface area contributed by atoms with E-state index in [1.54, 1.807) is 12.3 Å². The van der Waals surface area contributed by atoms with Gasteiger partial charge in [-0.25, -0.2) is 18.3 Å². The number of nitrogens with zero attached hydrogens (tertiary/aromatic N) is 3. The number of amides is 1. The third kappa shape index (κ3) is 4.40. The maximum Gasteiger partial charge on any atom is 0.345 e. The summed E-state index contributed by atoms with van der Waals surface area (Å²) in [5.41, 5.74) is 1.85. The van der Waals surface area contributed by atoms with Gasteiger partial charge in [-0.3, -0.25) is 4.79 Å². The largest absolute Gasteiger partial charge is 0.345 e. The lowest BCUT2D eigenvalue weighted by Crippen LogP contribution is -2.33. The Kier molecular flexibility index (Phi) is 5.67. The Morgan fingerprint density at radius 2 is 2.13 bits per heavy atom. The van der Waals surface area contributed by atoms with Crippen molar-refractivity contribution in [3.8, 4) is 5.69 Å². The zero-order chi connectivity index (χ0) is 22.1. The number of benzene rings is 1. The summed E-state index contributed by atoms with van der Waals surface area (Å²) in [5.74, 6) is -1.50. The standard InChI is InChI=1S/C22H23F2N5O2/c1-12(2)8-14-10-18(28-22(31)26-14)21(30)27-17-4-3-5-19-15(17)11-25-29(19)20-7-6-13(23)9-16(20)24/h6-7,9-12,17H,3-5,8H2,1-2H3,(H,27,30)(H,26,28,31). The van der Waals surface area contributed by atoms with Crippen molar-refractivity contribution in [3.05, 3.63) is 75.2 Å². The van der Waals surface area contributed by atoms with E-state index in [2.05, 4.69) is 20.4 Å². The van der Waals surface area contributed by atoms with Crippen molar-refractivity contribution in [1.29, 1.82) is 0 Å². The van der Waals surface area contributed by atoms with Gasteiger partial charge >= 0.3 is 5.69 Å². The van der Waals surface area contributed by atoms with Crippen LogP contribution in [0, 0.1) is 17.6 Å². The molecule has 2 heterocycles. The van der Waals surface area contributed by atoms with E-state index in [0.29, 0.717) is 30.9 Å². The Hall–Kier alpha value is -3.36. The summed E-state index contributed by atoms with van der Waals surface area (Å²) in [7, 11) is 0. The van der Waals surface area contributed by atoms with Crippen LogP contribution in [0.25, 0.3) is 5.69 Å². The van der Waals surface area contributed by atoms with Crippen LogP contribution in [0.1, 0.15) is 60.2 Å². The summed E-state index contributed by atoms with van der Waals surface area (Å²) in [6.45, 7) is 4.04. The smallest absolute Gasteiger partial charge is 0.344 e. The SMILES string of the molecule is CC(C)Cc1cc(C(=O)NC2CCCc3c2cnn3-c2ccc(F)cc2F)nc(=O)[nH]1. The topological polar surface area (TPSA) is 92.7 Å². The summed E-state index contributed by atoms with van der Waals surface area (Å²) >= 11 is 0. The first-order valence-corrected chi connectivity index (χ1v) is 10.2. The van der Waals surface area contributed by atoms with Crippen LogP contribution in [0.15, 0.2) is 35.3 Å².